The average molecular weight is 341 g/mol. The summed E-state index contributed by atoms with van der Waals surface area (Å²) in [4.78, 5) is 17.7. The third-order valence-electron chi connectivity index (χ3n) is 3.51. The van der Waals surface area contributed by atoms with E-state index in [1.54, 1.807) is 43.4 Å². The fourth-order valence-electron chi connectivity index (χ4n) is 2.40. The standard InChI is InChI=1S/C16H12Cl2N2O2/c1-20-13-7-6-9(17)8-11(13)14(19-15(21)16(20)22)10-4-2-3-5-12(10)18/h2-8,15,21H,1H3/i6+1,7+1,8+1,9+1,11+1,13+1. The van der Waals surface area contributed by atoms with Crippen LogP contribution < -0.4 is 4.90 Å². The zero-order chi connectivity index (χ0) is 15.9. The van der Waals surface area contributed by atoms with Gasteiger partial charge in [0.05, 0.1) is 11.4 Å². The van der Waals surface area contributed by atoms with E-state index in [1.807, 2.05) is 6.07 Å². The maximum Gasteiger partial charge on any atom is 0.278 e. The Balaban J connectivity index is 2.31. The molecule has 2 aromatic rings. The van der Waals surface area contributed by atoms with Crippen molar-refractivity contribution >= 4 is 40.5 Å². The molecule has 1 unspecified atom stereocenters. The van der Waals surface area contributed by atoms with E-state index >= 15 is 0 Å². The summed E-state index contributed by atoms with van der Waals surface area (Å²) in [5.41, 5.74) is 2.33. The second kappa shape index (κ2) is 5.72. The SMILES string of the molecule is CN1C(=O)C(O)N=C(c2ccccc2Cl)[13c]2[13cH][13c](Cl)[13cH][13cH][13c]21. The van der Waals surface area contributed by atoms with Crippen molar-refractivity contribution in [1.82, 2.24) is 0 Å². The van der Waals surface area contributed by atoms with E-state index in [2.05, 4.69) is 4.99 Å². The van der Waals surface area contributed by atoms with Crippen LogP contribution in [-0.2, 0) is 4.79 Å². The Morgan fingerprint density at radius 3 is 2.59 bits per heavy atom. The summed E-state index contributed by atoms with van der Waals surface area (Å²) < 4.78 is 0. The number of benzene rings is 2. The Kier molecular flexibility index (Phi) is 3.91. The van der Waals surface area contributed by atoms with Crippen LogP contribution in [0.3, 0.4) is 0 Å². The van der Waals surface area contributed by atoms with Gasteiger partial charge in [-0.1, -0.05) is 41.4 Å². The molecule has 6 heteroatoms. The molecule has 112 valence electrons. The van der Waals surface area contributed by atoms with Gasteiger partial charge in [-0.15, -0.1) is 0 Å². The molecule has 1 amide bonds. The summed E-state index contributed by atoms with van der Waals surface area (Å²) in [6, 6.07) is 12.3. The van der Waals surface area contributed by atoms with Crippen LogP contribution in [-0.4, -0.2) is 30.0 Å². The van der Waals surface area contributed by atoms with Gasteiger partial charge in [-0.2, -0.15) is 0 Å². The maximum absolute atomic E-state index is 12.2. The summed E-state index contributed by atoms with van der Waals surface area (Å²) in [7, 11) is 1.59. The number of aliphatic hydroxyl groups is 1. The highest BCUT2D eigenvalue weighted by Crippen LogP contribution is 2.31. The van der Waals surface area contributed by atoms with Crippen LogP contribution in [0.1, 0.15) is 11.1 Å². The first kappa shape index (κ1) is 15.0. The molecule has 4 nitrogen and oxygen atoms in total. The number of amides is 1. The van der Waals surface area contributed by atoms with E-state index in [9.17, 15) is 9.90 Å². The van der Waals surface area contributed by atoms with Gasteiger partial charge in [0.2, 0.25) is 6.23 Å². The van der Waals surface area contributed by atoms with E-state index < -0.39 is 12.1 Å². The highest BCUT2D eigenvalue weighted by Gasteiger charge is 2.29. The predicted molar refractivity (Wildman–Crippen MR) is 88.0 cm³/mol. The molecule has 0 spiro atoms. The van der Waals surface area contributed by atoms with Crippen LogP contribution in [0.5, 0.6) is 0 Å². The molecule has 2 aromatic carbocycles. The minimum Gasteiger partial charge on any atom is -0.364 e. The minimum atomic E-state index is -1.48. The summed E-state index contributed by atoms with van der Waals surface area (Å²) in [6.07, 6.45) is -1.48. The molecule has 0 saturated heterocycles. The average Bonchev–Trinajstić information content (AvgIpc) is 2.59. The summed E-state index contributed by atoms with van der Waals surface area (Å²) in [5.74, 6) is -0.509. The van der Waals surface area contributed by atoms with Gasteiger partial charge in [0.1, 0.15) is 0 Å². The molecule has 0 saturated carbocycles. The molecule has 22 heavy (non-hydrogen) atoms. The van der Waals surface area contributed by atoms with Crippen LogP contribution >= 0.6 is 23.2 Å². The number of fused-ring (bicyclic) bond motifs is 1. The summed E-state index contributed by atoms with van der Waals surface area (Å²) >= 11 is 12.3. The third kappa shape index (κ3) is 2.50. The number of halogens is 2. The van der Waals surface area contributed by atoms with Gasteiger partial charge < -0.3 is 10.0 Å². The fraction of sp³-hybridized carbons (Fsp3) is 0.125. The Bertz CT molecular complexity index is 789. The topological polar surface area (TPSA) is 52.9 Å². The lowest BCUT2D eigenvalue weighted by Crippen LogP contribution is -2.34. The Morgan fingerprint density at radius 1 is 1.14 bits per heavy atom. The molecule has 0 fully saturated rings. The quantitative estimate of drug-likeness (QED) is 0.867. The molecule has 0 aromatic heterocycles. The third-order valence-corrected chi connectivity index (χ3v) is 4.07. The molecule has 1 aliphatic heterocycles. The van der Waals surface area contributed by atoms with Crippen molar-refractivity contribution in [1.29, 1.82) is 0 Å². The number of likely N-dealkylation sites (N-methyl/N-ethyl adjacent to an activating group) is 1. The van der Waals surface area contributed by atoms with Gasteiger partial charge in [0, 0.05) is 28.2 Å². The van der Waals surface area contributed by atoms with Crippen molar-refractivity contribution in [3.05, 3.63) is 63.6 Å². The zero-order valence-electron chi connectivity index (χ0n) is 11.6. The molecule has 0 radical (unpaired) electrons. The van der Waals surface area contributed by atoms with E-state index in [4.69, 9.17) is 23.2 Å². The molecule has 1 N–H and O–H groups in total. The monoisotopic (exact) mass is 340 g/mol. The van der Waals surface area contributed by atoms with Gasteiger partial charge in [-0.25, -0.2) is 4.99 Å². The Morgan fingerprint density at radius 2 is 1.86 bits per heavy atom. The molecular formula is C16H12Cl2N2O2. The number of rotatable bonds is 1. The first-order valence-corrected chi connectivity index (χ1v) is 7.33. The van der Waals surface area contributed by atoms with Crippen LogP contribution in [0.15, 0.2) is 47.5 Å². The molecule has 1 heterocycles. The minimum absolute atomic E-state index is 0.438. The van der Waals surface area contributed by atoms with Crippen molar-refractivity contribution < 1.29 is 9.90 Å². The van der Waals surface area contributed by atoms with Crippen molar-refractivity contribution in [2.45, 2.75) is 6.23 Å². The number of aliphatic imine (C=N–C) groups is 1. The molecule has 1 aliphatic rings. The van der Waals surface area contributed by atoms with Crippen LogP contribution in [0.25, 0.3) is 0 Å². The number of aliphatic hydroxyl groups excluding tert-OH is 1. The Labute approximate surface area is 137 Å². The summed E-state index contributed by atoms with van der Waals surface area (Å²) in [5, 5.41) is 11.0. The predicted octanol–water partition coefficient (Wildman–Crippen LogP) is 3.13. The van der Waals surface area contributed by atoms with Gasteiger partial charge in [0.15, 0.2) is 0 Å². The lowest BCUT2D eigenvalue weighted by atomic mass is 10.2. The maximum atomic E-state index is 12.2. The lowest BCUT2D eigenvalue weighted by Gasteiger charge is -2.18. The highest BCUT2D eigenvalue weighted by atomic mass is 35.5. The fourth-order valence-corrected chi connectivity index (χ4v) is 2.79. The number of carbonyl (C=O) groups excluding carboxylic acids is 1. The van der Waals surface area contributed by atoms with Crippen LogP contribution in [0.2, 0.25) is 10.0 Å². The van der Waals surface area contributed by atoms with Gasteiger partial charge >= 0.3 is 0 Å². The second-order valence-electron chi connectivity index (χ2n) is 4.89. The van der Waals surface area contributed by atoms with Crippen molar-refractivity contribution in [2.75, 3.05) is 11.9 Å². The molecule has 3 rings (SSSR count). The highest BCUT2D eigenvalue weighted by molar-refractivity contribution is 6.37. The number of anilines is 1. The lowest BCUT2D eigenvalue weighted by molar-refractivity contribution is -0.125. The summed E-state index contributed by atoms with van der Waals surface area (Å²) in [6.45, 7) is 0. The first-order valence-electron chi connectivity index (χ1n) is 6.57. The van der Waals surface area contributed by atoms with Crippen molar-refractivity contribution in [3.8, 4) is 0 Å². The molecule has 1 atom stereocenters. The van der Waals surface area contributed by atoms with E-state index in [-0.39, 0.29) is 0 Å². The number of hydrogen-bond donors (Lipinski definition) is 1. The van der Waals surface area contributed by atoms with Gasteiger partial charge in [-0.3, -0.25) is 4.79 Å². The van der Waals surface area contributed by atoms with E-state index in [1.165, 1.54) is 4.90 Å². The molecule has 0 bridgehead atoms. The first-order chi connectivity index (χ1) is 10.5. The zero-order valence-corrected chi connectivity index (χ0v) is 13.1. The Hall–Kier alpha value is -1.88. The van der Waals surface area contributed by atoms with Gasteiger partial charge in [0.25, 0.3) is 5.91 Å². The van der Waals surface area contributed by atoms with Crippen molar-refractivity contribution in [2.24, 2.45) is 4.99 Å². The van der Waals surface area contributed by atoms with Crippen LogP contribution in [0, 0.1) is 0 Å². The number of hydrogen-bond acceptors (Lipinski definition) is 3. The van der Waals surface area contributed by atoms with Crippen molar-refractivity contribution in [3.63, 3.8) is 0 Å². The van der Waals surface area contributed by atoms with Gasteiger partial charge in [-0.05, 0) is 24.3 Å². The molecular weight excluding hydrogens is 329 g/mol. The smallest absolute Gasteiger partial charge is 0.278 e. The number of carbonyl (C=O) groups is 1. The molecule has 0 aliphatic carbocycles. The van der Waals surface area contributed by atoms with E-state index in [0.717, 1.165) is 0 Å². The normalized spacial score (nSPS) is 17.8. The largest absolute Gasteiger partial charge is 0.364 e. The van der Waals surface area contributed by atoms with Crippen LogP contribution in [0.4, 0.5) is 5.69 Å². The number of benzodiazepines with no additional fused rings is 1. The second-order valence-corrected chi connectivity index (χ2v) is 5.73. The number of nitrogens with zero attached hydrogens (tertiary/aromatic N) is 2. The van der Waals surface area contributed by atoms with E-state index in [0.29, 0.717) is 32.6 Å².